The largest absolute Gasteiger partial charge is 0.473 e. The summed E-state index contributed by atoms with van der Waals surface area (Å²) in [7, 11) is 0. The van der Waals surface area contributed by atoms with Gasteiger partial charge < -0.3 is 4.74 Å². The third-order valence-corrected chi connectivity index (χ3v) is 3.90. The molecule has 0 aliphatic heterocycles. The van der Waals surface area contributed by atoms with Gasteiger partial charge in [0.15, 0.2) is 3.61 Å². The van der Waals surface area contributed by atoms with Gasteiger partial charge in [-0.3, -0.25) is 10.0 Å². The van der Waals surface area contributed by atoms with E-state index in [1.54, 1.807) is 11.6 Å². The molecule has 0 saturated carbocycles. The number of carbonyl (C=O) groups excluding carboxylic acids is 1. The van der Waals surface area contributed by atoms with Crippen LogP contribution in [0.5, 0.6) is 5.75 Å². The van der Waals surface area contributed by atoms with E-state index < -0.39 is 9.51 Å². The number of allylic oxidation sites excluding steroid dienone is 2. The zero-order valence-corrected chi connectivity index (χ0v) is 16.2. The van der Waals surface area contributed by atoms with Crippen molar-refractivity contribution in [2.45, 2.75) is 17.5 Å². The maximum absolute atomic E-state index is 11.0. The summed E-state index contributed by atoms with van der Waals surface area (Å²) >= 11 is 2.20. The third-order valence-electron chi connectivity index (χ3n) is 3.37. The highest BCUT2D eigenvalue weighted by molar-refractivity contribution is 14.1. The van der Waals surface area contributed by atoms with Crippen molar-refractivity contribution in [3.05, 3.63) is 78.4 Å². The number of carbonyl (C=O) groups is 1. The van der Waals surface area contributed by atoms with Crippen LogP contribution in [0.3, 0.4) is 0 Å². The normalized spacial score (nSPS) is 14.2. The molecule has 0 heterocycles. The predicted molar refractivity (Wildman–Crippen MR) is 108 cm³/mol. The van der Waals surface area contributed by atoms with Crippen molar-refractivity contribution in [2.24, 2.45) is 0 Å². The van der Waals surface area contributed by atoms with Crippen molar-refractivity contribution in [2.75, 3.05) is 0 Å². The van der Waals surface area contributed by atoms with E-state index in [0.29, 0.717) is 0 Å². The molecule has 4 nitrogen and oxygen atoms in total. The fraction of sp³-hybridized carbons (Fsp3) is 0.150. The van der Waals surface area contributed by atoms with E-state index in [2.05, 4.69) is 34.7 Å². The maximum atomic E-state index is 11.0. The molecular weight excluding hydrogens is 429 g/mol. The maximum Gasteiger partial charge on any atom is 0.267 e. The lowest BCUT2D eigenvalue weighted by atomic mass is 10.1. The highest BCUT2D eigenvalue weighted by Gasteiger charge is 2.19. The molecule has 5 heteroatoms. The number of hydroxylamine groups is 1. The fourth-order valence-corrected chi connectivity index (χ4v) is 3.05. The quantitative estimate of drug-likeness (QED) is 0.165. The van der Waals surface area contributed by atoms with Gasteiger partial charge in [-0.05, 0) is 65.8 Å². The molecule has 1 amide bonds. The first-order valence-corrected chi connectivity index (χ1v) is 8.82. The molecule has 2 aromatic rings. The van der Waals surface area contributed by atoms with Gasteiger partial charge in [-0.2, -0.15) is 0 Å². The summed E-state index contributed by atoms with van der Waals surface area (Å²) < 4.78 is 5.45. The van der Waals surface area contributed by atoms with Crippen LogP contribution in [0.15, 0.2) is 78.4 Å². The number of nitrogens with one attached hydrogen (secondary N) is 1. The Labute approximate surface area is 161 Å². The molecule has 0 aliphatic carbocycles. The summed E-state index contributed by atoms with van der Waals surface area (Å²) in [6.07, 6.45) is 4.78. The van der Waals surface area contributed by atoms with Crippen molar-refractivity contribution in [3.8, 4) is 16.9 Å². The highest BCUT2D eigenvalue weighted by Crippen LogP contribution is 2.29. The van der Waals surface area contributed by atoms with Gasteiger partial charge in [0.05, 0.1) is 0 Å². The van der Waals surface area contributed by atoms with Crippen molar-refractivity contribution in [1.82, 2.24) is 5.48 Å². The molecule has 0 spiro atoms. The summed E-state index contributed by atoms with van der Waals surface area (Å²) in [6.45, 7) is 3.79. The van der Waals surface area contributed by atoms with Crippen LogP contribution in [0.1, 0.15) is 13.8 Å². The molecule has 2 aromatic carbocycles. The standard InChI is InChI=1S/C20H20INO3/c1-15(8-13-19(23)22-24)14-20(2,21)25-18-11-9-17(10-12-18)16-6-4-3-5-7-16/h3-14,24H,1-2H3,(H,22,23)/b13-8+,15-14+. The number of benzene rings is 2. The van der Waals surface area contributed by atoms with E-state index >= 15 is 0 Å². The molecule has 0 aliphatic rings. The molecule has 0 aromatic heterocycles. The molecule has 2 rings (SSSR count). The van der Waals surface area contributed by atoms with E-state index in [-0.39, 0.29) is 0 Å². The zero-order valence-electron chi connectivity index (χ0n) is 14.1. The Morgan fingerprint density at radius 3 is 2.28 bits per heavy atom. The molecule has 1 unspecified atom stereocenters. The molecule has 2 N–H and O–H groups in total. The van der Waals surface area contributed by atoms with Crippen LogP contribution in [0.2, 0.25) is 0 Å². The lowest BCUT2D eigenvalue weighted by Gasteiger charge is -2.22. The molecule has 130 valence electrons. The van der Waals surface area contributed by atoms with Gasteiger partial charge in [0.2, 0.25) is 0 Å². The Morgan fingerprint density at radius 1 is 1.08 bits per heavy atom. The van der Waals surface area contributed by atoms with Crippen molar-refractivity contribution in [3.63, 3.8) is 0 Å². The third kappa shape index (κ3) is 6.36. The number of hydrogen-bond acceptors (Lipinski definition) is 3. The van der Waals surface area contributed by atoms with Crippen LogP contribution in [0.4, 0.5) is 0 Å². The molecule has 1 atom stereocenters. The molecular formula is C20H20INO3. The van der Waals surface area contributed by atoms with Crippen LogP contribution in [0.25, 0.3) is 11.1 Å². The summed E-state index contributed by atoms with van der Waals surface area (Å²) in [5.74, 6) is 0.193. The van der Waals surface area contributed by atoms with Crippen molar-refractivity contribution in [1.29, 1.82) is 0 Å². The lowest BCUT2D eigenvalue weighted by molar-refractivity contribution is -0.124. The number of rotatable bonds is 6. The summed E-state index contributed by atoms with van der Waals surface area (Å²) in [4.78, 5) is 11.0. The topological polar surface area (TPSA) is 58.6 Å². The summed E-state index contributed by atoms with van der Waals surface area (Å²) in [5, 5.41) is 8.48. The second kappa shape index (κ2) is 8.82. The number of amides is 1. The van der Waals surface area contributed by atoms with E-state index in [1.807, 2.05) is 62.4 Å². The van der Waals surface area contributed by atoms with Gasteiger partial charge in [-0.25, -0.2) is 5.48 Å². The predicted octanol–water partition coefficient (Wildman–Crippen LogP) is 4.89. The highest BCUT2D eigenvalue weighted by atomic mass is 127. The Hall–Kier alpha value is -2.12. The van der Waals surface area contributed by atoms with Crippen LogP contribution >= 0.6 is 22.6 Å². The van der Waals surface area contributed by atoms with E-state index in [4.69, 9.17) is 9.94 Å². The Balaban J connectivity index is 2.07. The number of ether oxygens (including phenoxy) is 1. The monoisotopic (exact) mass is 449 g/mol. The van der Waals surface area contributed by atoms with Gasteiger partial charge in [0.1, 0.15) is 5.75 Å². The van der Waals surface area contributed by atoms with Crippen LogP contribution in [-0.2, 0) is 4.79 Å². The Bertz CT molecular complexity index is 765. The first kappa shape index (κ1) is 19.2. The summed E-state index contributed by atoms with van der Waals surface area (Å²) in [5.41, 5.74) is 4.70. The van der Waals surface area contributed by atoms with Crippen LogP contribution in [0, 0.1) is 0 Å². The number of alkyl halides is 1. The van der Waals surface area contributed by atoms with E-state index in [9.17, 15) is 4.79 Å². The van der Waals surface area contributed by atoms with E-state index in [1.165, 1.54) is 6.08 Å². The molecule has 0 saturated heterocycles. The second-order valence-electron chi connectivity index (χ2n) is 5.68. The summed E-state index contributed by atoms with van der Waals surface area (Å²) in [6, 6.07) is 18.1. The van der Waals surface area contributed by atoms with Gasteiger partial charge in [0, 0.05) is 6.08 Å². The lowest BCUT2D eigenvalue weighted by Crippen LogP contribution is -2.21. The van der Waals surface area contributed by atoms with Gasteiger partial charge >= 0.3 is 0 Å². The molecule has 0 bridgehead atoms. The van der Waals surface area contributed by atoms with Gasteiger partial charge in [-0.15, -0.1) is 0 Å². The number of halogens is 1. The van der Waals surface area contributed by atoms with E-state index in [0.717, 1.165) is 22.4 Å². The minimum atomic E-state index is -0.573. The first-order valence-electron chi connectivity index (χ1n) is 7.75. The molecule has 0 radical (unpaired) electrons. The minimum Gasteiger partial charge on any atom is -0.473 e. The second-order valence-corrected chi connectivity index (χ2v) is 7.82. The zero-order chi connectivity index (χ0) is 18.3. The molecule has 0 fully saturated rings. The SMILES string of the molecule is CC(/C=C/C(=O)NO)=C\C(C)(I)Oc1ccc(-c2ccccc2)cc1. The minimum absolute atomic E-state index is 0.569. The molecule has 25 heavy (non-hydrogen) atoms. The van der Waals surface area contributed by atoms with Crippen LogP contribution in [-0.4, -0.2) is 14.7 Å². The van der Waals surface area contributed by atoms with Crippen LogP contribution < -0.4 is 10.2 Å². The average molecular weight is 449 g/mol. The van der Waals surface area contributed by atoms with Crippen molar-refractivity contribution < 1.29 is 14.7 Å². The average Bonchev–Trinajstić information content (AvgIpc) is 2.60. The first-order chi connectivity index (χ1) is 11.9. The Morgan fingerprint density at radius 2 is 1.68 bits per heavy atom. The van der Waals surface area contributed by atoms with Crippen molar-refractivity contribution >= 4 is 28.5 Å². The van der Waals surface area contributed by atoms with Gasteiger partial charge in [-0.1, -0.05) is 54.1 Å². The fourth-order valence-electron chi connectivity index (χ4n) is 2.31. The smallest absolute Gasteiger partial charge is 0.267 e. The number of hydrogen-bond donors (Lipinski definition) is 2. The van der Waals surface area contributed by atoms with Gasteiger partial charge in [0.25, 0.3) is 5.91 Å². The Kier molecular flexibility index (Phi) is 6.78.